The van der Waals surface area contributed by atoms with Crippen LogP contribution in [0.4, 0.5) is 8.78 Å². The van der Waals surface area contributed by atoms with Gasteiger partial charge in [-0.05, 0) is 12.1 Å². The Labute approximate surface area is 79.3 Å². The number of hydrogen-bond donors (Lipinski definition) is 1. The lowest BCUT2D eigenvalue weighted by molar-refractivity contribution is 0.371. The first-order valence-electron chi connectivity index (χ1n) is 3.39. The number of benzene rings is 1. The fraction of sp³-hybridized carbons (Fsp3) is 0.125. The van der Waals surface area contributed by atoms with Crippen LogP contribution in [-0.4, -0.2) is 12.1 Å². The highest BCUT2D eigenvalue weighted by Gasteiger charge is 2.15. The number of rotatable bonds is 2. The molecular weight excluding hydrogens is 196 g/mol. The van der Waals surface area contributed by atoms with Gasteiger partial charge in [0.2, 0.25) is 5.82 Å². The Morgan fingerprint density at radius 2 is 2.08 bits per heavy atom. The van der Waals surface area contributed by atoms with E-state index in [-0.39, 0.29) is 16.3 Å². The maximum atomic E-state index is 13.0. The number of methoxy groups -OCH3 is 1. The van der Waals surface area contributed by atoms with Crippen LogP contribution in [0.2, 0.25) is 0 Å². The summed E-state index contributed by atoms with van der Waals surface area (Å²) >= 11 is 4.63. The van der Waals surface area contributed by atoms with Crippen LogP contribution in [0.25, 0.3) is 0 Å². The molecule has 0 aromatic heterocycles. The van der Waals surface area contributed by atoms with Crippen molar-refractivity contribution in [3.8, 4) is 5.75 Å². The summed E-state index contributed by atoms with van der Waals surface area (Å²) in [5, 5.41) is 0. The van der Waals surface area contributed by atoms with Crippen molar-refractivity contribution in [2.24, 2.45) is 5.73 Å². The lowest BCUT2D eigenvalue weighted by Crippen LogP contribution is -2.12. The van der Waals surface area contributed by atoms with Crippen LogP contribution in [0.1, 0.15) is 5.56 Å². The number of hydrogen-bond acceptors (Lipinski definition) is 2. The van der Waals surface area contributed by atoms with E-state index in [1.54, 1.807) is 0 Å². The molecule has 0 heterocycles. The Bertz CT molecular complexity index is 354. The summed E-state index contributed by atoms with van der Waals surface area (Å²) in [7, 11) is 1.22. The first-order valence-corrected chi connectivity index (χ1v) is 3.80. The molecule has 2 N–H and O–H groups in total. The number of nitrogens with two attached hydrogens (primary N) is 1. The summed E-state index contributed by atoms with van der Waals surface area (Å²) in [5.41, 5.74) is 5.46. The molecule has 70 valence electrons. The Kier molecular flexibility index (Phi) is 2.77. The second-order valence-corrected chi connectivity index (χ2v) is 2.75. The van der Waals surface area contributed by atoms with Crippen molar-refractivity contribution in [2.45, 2.75) is 0 Å². The Hall–Kier alpha value is -1.23. The van der Waals surface area contributed by atoms with Gasteiger partial charge >= 0.3 is 0 Å². The standard InChI is InChI=1S/C8H7F2NOS/c1-12-7-4(8(11)13)2-3-5(9)6(7)10/h2-3H,1H3,(H2,11,13). The molecule has 0 fully saturated rings. The summed E-state index contributed by atoms with van der Waals surface area (Å²) in [6.07, 6.45) is 0. The quantitative estimate of drug-likeness (QED) is 0.741. The first kappa shape index (κ1) is 9.85. The summed E-state index contributed by atoms with van der Waals surface area (Å²) in [4.78, 5) is -0.0317. The third-order valence-electron chi connectivity index (χ3n) is 1.52. The zero-order valence-corrected chi connectivity index (χ0v) is 7.62. The SMILES string of the molecule is COc1c(C(N)=S)ccc(F)c1F. The predicted octanol–water partition coefficient (Wildman–Crippen LogP) is 1.61. The van der Waals surface area contributed by atoms with Gasteiger partial charge in [-0.15, -0.1) is 0 Å². The lowest BCUT2D eigenvalue weighted by atomic mass is 10.2. The van der Waals surface area contributed by atoms with Gasteiger partial charge in [-0.25, -0.2) is 4.39 Å². The van der Waals surface area contributed by atoms with Gasteiger partial charge in [0.25, 0.3) is 0 Å². The van der Waals surface area contributed by atoms with E-state index in [2.05, 4.69) is 17.0 Å². The van der Waals surface area contributed by atoms with Gasteiger partial charge in [-0.2, -0.15) is 4.39 Å². The maximum Gasteiger partial charge on any atom is 0.201 e. The Morgan fingerprint density at radius 1 is 1.46 bits per heavy atom. The van der Waals surface area contributed by atoms with Crippen molar-refractivity contribution in [3.63, 3.8) is 0 Å². The van der Waals surface area contributed by atoms with Crippen LogP contribution in [0, 0.1) is 11.6 Å². The molecule has 0 aliphatic carbocycles. The highest BCUT2D eigenvalue weighted by molar-refractivity contribution is 7.80. The molecule has 0 radical (unpaired) electrons. The van der Waals surface area contributed by atoms with Gasteiger partial charge in [0.05, 0.1) is 12.7 Å². The van der Waals surface area contributed by atoms with E-state index < -0.39 is 11.6 Å². The van der Waals surface area contributed by atoms with Crippen molar-refractivity contribution < 1.29 is 13.5 Å². The lowest BCUT2D eigenvalue weighted by Gasteiger charge is -2.07. The fourth-order valence-corrected chi connectivity index (χ4v) is 1.09. The van der Waals surface area contributed by atoms with E-state index in [9.17, 15) is 8.78 Å². The zero-order chi connectivity index (χ0) is 10.0. The van der Waals surface area contributed by atoms with E-state index >= 15 is 0 Å². The van der Waals surface area contributed by atoms with Gasteiger partial charge in [0.15, 0.2) is 11.6 Å². The molecule has 13 heavy (non-hydrogen) atoms. The van der Waals surface area contributed by atoms with E-state index in [1.807, 2.05) is 0 Å². The van der Waals surface area contributed by atoms with Crippen molar-refractivity contribution in [2.75, 3.05) is 7.11 Å². The molecule has 0 atom stereocenters. The third-order valence-corrected chi connectivity index (χ3v) is 1.74. The van der Waals surface area contributed by atoms with E-state index in [0.29, 0.717) is 0 Å². The van der Waals surface area contributed by atoms with Crippen LogP contribution in [0.15, 0.2) is 12.1 Å². The fourth-order valence-electron chi connectivity index (χ4n) is 0.926. The molecule has 0 saturated heterocycles. The molecule has 2 nitrogen and oxygen atoms in total. The molecule has 5 heteroatoms. The molecule has 1 aromatic rings. The minimum atomic E-state index is -1.08. The maximum absolute atomic E-state index is 13.0. The van der Waals surface area contributed by atoms with E-state index in [1.165, 1.54) is 13.2 Å². The highest BCUT2D eigenvalue weighted by Crippen LogP contribution is 2.24. The van der Waals surface area contributed by atoms with Crippen LogP contribution in [0.5, 0.6) is 5.75 Å². The summed E-state index contributed by atoms with van der Waals surface area (Å²) in [6.45, 7) is 0. The second kappa shape index (κ2) is 3.66. The molecule has 0 bridgehead atoms. The molecule has 1 aromatic carbocycles. The molecule has 0 unspecified atom stereocenters. The third kappa shape index (κ3) is 1.75. The van der Waals surface area contributed by atoms with E-state index in [4.69, 9.17) is 5.73 Å². The van der Waals surface area contributed by atoms with Crippen LogP contribution in [0.3, 0.4) is 0 Å². The molecule has 0 spiro atoms. The minimum absolute atomic E-state index is 0.0317. The van der Waals surface area contributed by atoms with Crippen molar-refractivity contribution in [1.82, 2.24) is 0 Å². The summed E-state index contributed by atoms with van der Waals surface area (Å²) in [5.74, 6) is -2.32. The summed E-state index contributed by atoms with van der Waals surface area (Å²) < 4.78 is 30.3. The average molecular weight is 203 g/mol. The average Bonchev–Trinajstić information content (AvgIpc) is 2.09. The monoisotopic (exact) mass is 203 g/mol. The Balaban J connectivity index is 3.38. The smallest absolute Gasteiger partial charge is 0.201 e. The van der Waals surface area contributed by atoms with Gasteiger partial charge in [0, 0.05) is 0 Å². The van der Waals surface area contributed by atoms with Crippen molar-refractivity contribution in [3.05, 3.63) is 29.3 Å². The molecule has 0 aliphatic heterocycles. The van der Waals surface area contributed by atoms with Gasteiger partial charge in [0.1, 0.15) is 4.99 Å². The zero-order valence-electron chi connectivity index (χ0n) is 6.80. The predicted molar refractivity (Wildman–Crippen MR) is 48.8 cm³/mol. The van der Waals surface area contributed by atoms with Gasteiger partial charge in [-0.1, -0.05) is 12.2 Å². The van der Waals surface area contributed by atoms with Crippen molar-refractivity contribution >= 4 is 17.2 Å². The first-order chi connectivity index (χ1) is 6.07. The van der Waals surface area contributed by atoms with Crippen molar-refractivity contribution in [1.29, 1.82) is 0 Å². The molecule has 0 amide bonds. The normalized spacial score (nSPS) is 9.77. The van der Waals surface area contributed by atoms with E-state index in [0.717, 1.165) is 6.07 Å². The van der Waals surface area contributed by atoms with Crippen LogP contribution >= 0.6 is 12.2 Å². The molecule has 0 saturated carbocycles. The minimum Gasteiger partial charge on any atom is -0.493 e. The summed E-state index contributed by atoms with van der Waals surface area (Å²) in [6, 6.07) is 2.23. The van der Waals surface area contributed by atoms with Crippen LogP contribution < -0.4 is 10.5 Å². The largest absolute Gasteiger partial charge is 0.493 e. The van der Waals surface area contributed by atoms with Gasteiger partial charge in [-0.3, -0.25) is 0 Å². The number of thiocarbonyl (C=S) groups is 1. The molecular formula is C8H7F2NOS. The molecule has 0 aliphatic rings. The Morgan fingerprint density at radius 3 is 2.54 bits per heavy atom. The topological polar surface area (TPSA) is 35.2 Å². The highest BCUT2D eigenvalue weighted by atomic mass is 32.1. The molecule has 1 rings (SSSR count). The van der Waals surface area contributed by atoms with Crippen LogP contribution in [-0.2, 0) is 0 Å². The second-order valence-electron chi connectivity index (χ2n) is 2.31. The number of halogens is 2. The van der Waals surface area contributed by atoms with Gasteiger partial charge < -0.3 is 10.5 Å². The number of ether oxygens (including phenoxy) is 1.